The molecule has 0 saturated carbocycles. The van der Waals surface area contributed by atoms with Gasteiger partial charge in [0.05, 0.1) is 16.8 Å². The van der Waals surface area contributed by atoms with E-state index in [0.29, 0.717) is 17.4 Å². The highest BCUT2D eigenvalue weighted by molar-refractivity contribution is 6.09. The van der Waals surface area contributed by atoms with Gasteiger partial charge >= 0.3 is 6.18 Å². The Balaban J connectivity index is 1.57. The summed E-state index contributed by atoms with van der Waals surface area (Å²) in [6.45, 7) is 0. The van der Waals surface area contributed by atoms with Gasteiger partial charge in [-0.2, -0.15) is 13.2 Å². The summed E-state index contributed by atoms with van der Waals surface area (Å²) in [7, 11) is 0. The summed E-state index contributed by atoms with van der Waals surface area (Å²) < 4.78 is 37.5. The lowest BCUT2D eigenvalue weighted by Crippen LogP contribution is -2.41. The lowest BCUT2D eigenvalue weighted by Gasteiger charge is -2.14. The molecule has 3 amide bonds. The Labute approximate surface area is 157 Å². The molecule has 1 aliphatic heterocycles. The van der Waals surface area contributed by atoms with Crippen LogP contribution in [0.4, 0.5) is 24.7 Å². The van der Waals surface area contributed by atoms with Crippen molar-refractivity contribution in [1.82, 2.24) is 10.3 Å². The molecule has 0 fully saturated rings. The van der Waals surface area contributed by atoms with Crippen molar-refractivity contribution in [1.29, 1.82) is 0 Å². The maximum atomic E-state index is 12.5. The fourth-order valence-corrected chi connectivity index (χ4v) is 2.63. The monoisotopic (exact) mass is 392 g/mol. The number of carbonyl (C=O) groups excluding carboxylic acids is 3. The Hall–Kier alpha value is -3.43. The normalized spacial score (nSPS) is 16.5. The van der Waals surface area contributed by atoms with Crippen LogP contribution in [0.1, 0.15) is 28.8 Å². The Morgan fingerprint density at radius 3 is 2.57 bits per heavy atom. The minimum atomic E-state index is -4.52. The SMILES string of the molecule is O=C(CC[C@H]1NC(=O)c2ccccc2NC1=O)Nc1ccc(C(F)(F)F)cn1. The number of rotatable bonds is 4. The third kappa shape index (κ3) is 4.45. The maximum absolute atomic E-state index is 12.5. The summed E-state index contributed by atoms with van der Waals surface area (Å²) in [6, 6.07) is 7.42. The molecule has 1 atom stereocenters. The number of alkyl halides is 3. The molecule has 0 saturated heterocycles. The zero-order valence-electron chi connectivity index (χ0n) is 14.3. The van der Waals surface area contributed by atoms with Crippen molar-refractivity contribution in [2.45, 2.75) is 25.1 Å². The van der Waals surface area contributed by atoms with Crippen LogP contribution in [0.3, 0.4) is 0 Å². The summed E-state index contributed by atoms with van der Waals surface area (Å²) in [5, 5.41) is 7.54. The number of halogens is 3. The number of aromatic nitrogens is 1. The molecule has 0 aliphatic carbocycles. The van der Waals surface area contributed by atoms with Crippen LogP contribution in [-0.2, 0) is 15.8 Å². The van der Waals surface area contributed by atoms with E-state index in [1.165, 1.54) is 0 Å². The number of nitrogens with zero attached hydrogens (tertiary/aromatic N) is 1. The number of carbonyl (C=O) groups is 3. The molecule has 2 aromatic rings. The highest BCUT2D eigenvalue weighted by Crippen LogP contribution is 2.28. The number of nitrogens with one attached hydrogen (secondary N) is 3. The summed E-state index contributed by atoms with van der Waals surface area (Å²) in [5.74, 6) is -1.49. The largest absolute Gasteiger partial charge is 0.417 e. The van der Waals surface area contributed by atoms with E-state index in [2.05, 4.69) is 20.9 Å². The number of para-hydroxylation sites is 1. The predicted molar refractivity (Wildman–Crippen MR) is 93.4 cm³/mol. The second kappa shape index (κ2) is 7.67. The third-order valence-electron chi connectivity index (χ3n) is 4.07. The smallest absolute Gasteiger partial charge is 0.340 e. The molecular formula is C18H15F3N4O3. The topological polar surface area (TPSA) is 100 Å². The molecule has 0 bridgehead atoms. The average Bonchev–Trinajstić information content (AvgIpc) is 2.76. The van der Waals surface area contributed by atoms with Crippen LogP contribution in [0, 0.1) is 0 Å². The van der Waals surface area contributed by atoms with E-state index in [-0.39, 0.29) is 18.7 Å². The molecule has 7 nitrogen and oxygen atoms in total. The van der Waals surface area contributed by atoms with Crippen molar-refractivity contribution in [2.24, 2.45) is 0 Å². The second-order valence-corrected chi connectivity index (χ2v) is 6.08. The second-order valence-electron chi connectivity index (χ2n) is 6.08. The van der Waals surface area contributed by atoms with Crippen LogP contribution in [0.15, 0.2) is 42.6 Å². The first kappa shape index (κ1) is 19.3. The van der Waals surface area contributed by atoms with Gasteiger partial charge in [-0.1, -0.05) is 12.1 Å². The molecular weight excluding hydrogens is 377 g/mol. The number of anilines is 2. The van der Waals surface area contributed by atoms with Crippen LogP contribution in [0.25, 0.3) is 0 Å². The van der Waals surface area contributed by atoms with E-state index in [4.69, 9.17) is 0 Å². The van der Waals surface area contributed by atoms with Gasteiger partial charge in [0.15, 0.2) is 0 Å². The molecule has 2 heterocycles. The van der Waals surface area contributed by atoms with Gasteiger partial charge in [-0.05, 0) is 30.7 Å². The number of benzene rings is 1. The molecule has 0 spiro atoms. The third-order valence-corrected chi connectivity index (χ3v) is 4.07. The average molecular weight is 392 g/mol. The van der Waals surface area contributed by atoms with Crippen molar-refractivity contribution >= 4 is 29.2 Å². The number of fused-ring (bicyclic) bond motifs is 1. The van der Waals surface area contributed by atoms with Gasteiger partial charge in [0, 0.05) is 12.6 Å². The molecule has 146 valence electrons. The van der Waals surface area contributed by atoms with Gasteiger partial charge in [0.1, 0.15) is 11.9 Å². The van der Waals surface area contributed by atoms with Gasteiger partial charge in [0.2, 0.25) is 11.8 Å². The fraction of sp³-hybridized carbons (Fsp3) is 0.222. The summed E-state index contributed by atoms with van der Waals surface area (Å²) >= 11 is 0. The van der Waals surface area contributed by atoms with E-state index in [1.807, 2.05) is 0 Å². The van der Waals surface area contributed by atoms with E-state index >= 15 is 0 Å². The van der Waals surface area contributed by atoms with Crippen LogP contribution >= 0.6 is 0 Å². The number of hydrogen-bond donors (Lipinski definition) is 3. The first-order valence-electron chi connectivity index (χ1n) is 8.28. The molecule has 1 aromatic carbocycles. The van der Waals surface area contributed by atoms with Crippen molar-refractivity contribution in [2.75, 3.05) is 10.6 Å². The Kier molecular flexibility index (Phi) is 5.30. The zero-order chi connectivity index (χ0) is 20.3. The van der Waals surface area contributed by atoms with Crippen molar-refractivity contribution in [3.8, 4) is 0 Å². The lowest BCUT2D eigenvalue weighted by molar-refractivity contribution is -0.137. The first-order valence-corrected chi connectivity index (χ1v) is 8.28. The minimum Gasteiger partial charge on any atom is -0.340 e. The van der Waals surface area contributed by atoms with Gasteiger partial charge in [-0.3, -0.25) is 14.4 Å². The highest BCUT2D eigenvalue weighted by Gasteiger charge is 2.31. The molecule has 0 radical (unpaired) electrons. The van der Waals surface area contributed by atoms with Crippen molar-refractivity contribution in [3.63, 3.8) is 0 Å². The molecule has 10 heteroatoms. The van der Waals surface area contributed by atoms with Gasteiger partial charge in [-0.25, -0.2) is 4.98 Å². The Morgan fingerprint density at radius 1 is 1.14 bits per heavy atom. The molecule has 28 heavy (non-hydrogen) atoms. The standard InChI is InChI=1S/C18H15F3N4O3/c19-18(20,21)10-5-7-14(22-9-10)25-15(26)8-6-13-17(28)23-12-4-2-1-3-11(12)16(27)24-13/h1-5,7,9,13H,6,8H2,(H,23,28)(H,24,27)(H,22,25,26)/t13-/m1/s1. The van der Waals surface area contributed by atoms with Crippen LogP contribution in [0.2, 0.25) is 0 Å². The quantitative estimate of drug-likeness (QED) is 0.745. The zero-order valence-corrected chi connectivity index (χ0v) is 14.3. The molecule has 3 rings (SSSR count). The van der Waals surface area contributed by atoms with Crippen molar-refractivity contribution < 1.29 is 27.6 Å². The maximum Gasteiger partial charge on any atom is 0.417 e. The number of amides is 3. The van der Waals surface area contributed by atoms with E-state index in [0.717, 1.165) is 12.1 Å². The minimum absolute atomic E-state index is 0.0119. The fourth-order valence-electron chi connectivity index (χ4n) is 2.63. The predicted octanol–water partition coefficient (Wildman–Crippen LogP) is 2.57. The Morgan fingerprint density at radius 2 is 1.89 bits per heavy atom. The van der Waals surface area contributed by atoms with E-state index in [1.54, 1.807) is 24.3 Å². The summed E-state index contributed by atoms with van der Waals surface area (Å²) in [5.41, 5.74) is -0.231. The van der Waals surface area contributed by atoms with Gasteiger partial charge in [0.25, 0.3) is 5.91 Å². The highest BCUT2D eigenvalue weighted by atomic mass is 19.4. The van der Waals surface area contributed by atoms with E-state index < -0.39 is 35.5 Å². The molecule has 1 aliphatic rings. The molecule has 1 aromatic heterocycles. The number of pyridine rings is 1. The first-order chi connectivity index (χ1) is 13.2. The van der Waals surface area contributed by atoms with Crippen LogP contribution in [0.5, 0.6) is 0 Å². The Bertz CT molecular complexity index is 913. The van der Waals surface area contributed by atoms with Crippen molar-refractivity contribution in [3.05, 3.63) is 53.7 Å². The molecule has 0 unspecified atom stereocenters. The van der Waals surface area contributed by atoms with Crippen LogP contribution < -0.4 is 16.0 Å². The lowest BCUT2D eigenvalue weighted by atomic mass is 10.1. The van der Waals surface area contributed by atoms with Crippen LogP contribution in [-0.4, -0.2) is 28.7 Å². The molecule has 3 N–H and O–H groups in total. The summed E-state index contributed by atoms with van der Waals surface area (Å²) in [6.07, 6.45) is -4.03. The number of hydrogen-bond acceptors (Lipinski definition) is 4. The summed E-state index contributed by atoms with van der Waals surface area (Å²) in [4.78, 5) is 40.0. The van der Waals surface area contributed by atoms with Gasteiger partial charge in [-0.15, -0.1) is 0 Å². The van der Waals surface area contributed by atoms with Gasteiger partial charge < -0.3 is 16.0 Å². The van der Waals surface area contributed by atoms with E-state index in [9.17, 15) is 27.6 Å².